The molecule has 0 spiro atoms. The summed E-state index contributed by atoms with van der Waals surface area (Å²) in [4.78, 5) is 0. The topological polar surface area (TPSA) is 9.23 Å². The Kier molecular flexibility index (Phi) is 9.85. The highest BCUT2D eigenvalue weighted by molar-refractivity contribution is 5.28. The van der Waals surface area contributed by atoms with E-state index in [4.69, 9.17) is 4.74 Å². The largest absolute Gasteiger partial charge is 0.383 e. The fraction of sp³-hybridized carbons (Fsp3) is 0.586. The molecule has 33 heavy (non-hydrogen) atoms. The summed E-state index contributed by atoms with van der Waals surface area (Å²) >= 11 is 0. The molecule has 0 aromatic heterocycles. The van der Waals surface area contributed by atoms with Gasteiger partial charge >= 0.3 is 6.11 Å². The summed E-state index contributed by atoms with van der Waals surface area (Å²) in [5, 5.41) is 0. The lowest BCUT2D eigenvalue weighted by molar-refractivity contribution is -0.248. The van der Waals surface area contributed by atoms with Crippen LogP contribution in [-0.4, -0.2) is 6.61 Å². The van der Waals surface area contributed by atoms with Crippen molar-refractivity contribution in [3.8, 4) is 0 Å². The number of benzene rings is 2. The van der Waals surface area contributed by atoms with Crippen molar-refractivity contribution in [1.29, 1.82) is 0 Å². The third-order valence-corrected chi connectivity index (χ3v) is 7.10. The molecule has 0 bridgehead atoms. The first-order valence-electron chi connectivity index (χ1n) is 12.8. The molecule has 4 heteroatoms. The minimum atomic E-state index is -3.38. The van der Waals surface area contributed by atoms with E-state index < -0.39 is 6.11 Å². The average Bonchev–Trinajstić information content (AvgIpc) is 2.81. The smallest absolute Gasteiger partial charge is 0.316 e. The molecular formula is C29H39F3O. The van der Waals surface area contributed by atoms with E-state index >= 15 is 0 Å². The van der Waals surface area contributed by atoms with Gasteiger partial charge in [-0.15, -0.1) is 0 Å². The van der Waals surface area contributed by atoms with Gasteiger partial charge in [0.1, 0.15) is 5.82 Å². The minimum Gasteiger partial charge on any atom is -0.316 e. The number of halogens is 3. The molecule has 1 nitrogen and oxygen atoms in total. The maximum absolute atomic E-state index is 14.6. The second-order valence-corrected chi connectivity index (χ2v) is 9.63. The molecule has 182 valence electrons. The van der Waals surface area contributed by atoms with Crippen molar-refractivity contribution in [2.45, 2.75) is 96.5 Å². The number of hydrogen-bond acceptors (Lipinski definition) is 1. The van der Waals surface area contributed by atoms with Crippen LogP contribution < -0.4 is 0 Å². The first kappa shape index (κ1) is 25.8. The minimum absolute atomic E-state index is 0.121. The summed E-state index contributed by atoms with van der Waals surface area (Å²) in [6, 6.07) is 11.7. The van der Waals surface area contributed by atoms with Crippen molar-refractivity contribution in [2.75, 3.05) is 6.61 Å². The van der Waals surface area contributed by atoms with E-state index in [1.807, 2.05) is 18.2 Å². The number of unbranched alkanes of at least 4 members (excludes halogenated alkanes) is 2. The molecule has 1 aliphatic carbocycles. The Morgan fingerprint density at radius 2 is 1.61 bits per heavy atom. The van der Waals surface area contributed by atoms with Crippen LogP contribution in [0, 0.1) is 11.7 Å². The molecule has 3 rings (SSSR count). The van der Waals surface area contributed by atoms with E-state index in [1.54, 1.807) is 6.07 Å². The van der Waals surface area contributed by atoms with Crippen LogP contribution in [0.2, 0.25) is 0 Å². The van der Waals surface area contributed by atoms with Crippen molar-refractivity contribution in [3.05, 3.63) is 70.5 Å². The maximum atomic E-state index is 14.6. The quantitative estimate of drug-likeness (QED) is 0.287. The third kappa shape index (κ3) is 7.60. The van der Waals surface area contributed by atoms with Crippen molar-refractivity contribution >= 4 is 0 Å². The number of aryl methyl sites for hydroxylation is 1. The van der Waals surface area contributed by atoms with Crippen LogP contribution in [0.1, 0.15) is 99.8 Å². The Labute approximate surface area is 197 Å². The lowest BCUT2D eigenvalue weighted by Gasteiger charge is -2.29. The molecular weight excluding hydrogens is 421 g/mol. The van der Waals surface area contributed by atoms with Crippen LogP contribution >= 0.6 is 0 Å². The Morgan fingerprint density at radius 1 is 0.879 bits per heavy atom. The van der Waals surface area contributed by atoms with Gasteiger partial charge in [0, 0.05) is 0 Å². The lowest BCUT2D eigenvalue weighted by Crippen LogP contribution is -2.20. The molecule has 0 N–H and O–H groups in total. The summed E-state index contributed by atoms with van der Waals surface area (Å²) in [6.07, 6.45) is 8.12. The molecule has 1 aliphatic rings. The van der Waals surface area contributed by atoms with Gasteiger partial charge < -0.3 is 4.74 Å². The third-order valence-electron chi connectivity index (χ3n) is 7.10. The first-order chi connectivity index (χ1) is 15.9. The molecule has 0 amide bonds. The zero-order chi connectivity index (χ0) is 23.7. The van der Waals surface area contributed by atoms with Crippen molar-refractivity contribution in [1.82, 2.24) is 0 Å². The average molecular weight is 461 g/mol. The zero-order valence-electron chi connectivity index (χ0n) is 20.2. The van der Waals surface area contributed by atoms with E-state index in [2.05, 4.69) is 13.8 Å². The Bertz CT molecular complexity index is 838. The zero-order valence-corrected chi connectivity index (χ0v) is 20.2. The van der Waals surface area contributed by atoms with Crippen LogP contribution in [-0.2, 0) is 23.7 Å². The molecule has 0 saturated heterocycles. The van der Waals surface area contributed by atoms with Crippen LogP contribution in [0.5, 0.6) is 0 Å². The second kappa shape index (κ2) is 12.6. The predicted molar refractivity (Wildman–Crippen MR) is 129 cm³/mol. The molecule has 0 atom stereocenters. The Hall–Kier alpha value is -1.81. The summed E-state index contributed by atoms with van der Waals surface area (Å²) in [5.41, 5.74) is 2.37. The van der Waals surface area contributed by atoms with E-state index in [9.17, 15) is 13.2 Å². The molecule has 2 aromatic rings. The van der Waals surface area contributed by atoms with E-state index in [0.29, 0.717) is 11.5 Å². The van der Waals surface area contributed by atoms with E-state index in [-0.39, 0.29) is 24.4 Å². The van der Waals surface area contributed by atoms with Gasteiger partial charge in [-0.25, -0.2) is 4.39 Å². The molecule has 0 radical (unpaired) electrons. The number of alkyl halides is 2. The summed E-state index contributed by atoms with van der Waals surface area (Å²) in [6.45, 7) is 4.13. The van der Waals surface area contributed by atoms with Gasteiger partial charge in [-0.1, -0.05) is 75.9 Å². The van der Waals surface area contributed by atoms with Crippen molar-refractivity contribution in [2.24, 2.45) is 5.92 Å². The summed E-state index contributed by atoms with van der Waals surface area (Å²) in [5.74, 6) is 0.953. The molecule has 1 fully saturated rings. The van der Waals surface area contributed by atoms with Gasteiger partial charge in [-0.05, 0) is 79.5 Å². The summed E-state index contributed by atoms with van der Waals surface area (Å²) < 4.78 is 48.4. The molecule has 0 unspecified atom stereocenters. The van der Waals surface area contributed by atoms with Gasteiger partial charge in [0.25, 0.3) is 0 Å². The predicted octanol–water partition coefficient (Wildman–Crippen LogP) is 8.94. The van der Waals surface area contributed by atoms with Crippen LogP contribution in [0.15, 0.2) is 42.5 Å². The van der Waals surface area contributed by atoms with Crippen LogP contribution in [0.3, 0.4) is 0 Å². The van der Waals surface area contributed by atoms with E-state index in [1.165, 1.54) is 43.9 Å². The fourth-order valence-corrected chi connectivity index (χ4v) is 5.04. The molecule has 2 aromatic carbocycles. The van der Waals surface area contributed by atoms with Crippen LogP contribution in [0.25, 0.3) is 0 Å². The molecule has 0 heterocycles. The maximum Gasteiger partial charge on any atom is 0.383 e. The normalized spacial score (nSPS) is 19.1. The van der Waals surface area contributed by atoms with Crippen molar-refractivity contribution < 1.29 is 17.9 Å². The van der Waals surface area contributed by atoms with Gasteiger partial charge in [0.05, 0.1) is 12.2 Å². The highest BCUT2D eigenvalue weighted by Gasteiger charge is 2.33. The monoisotopic (exact) mass is 460 g/mol. The highest BCUT2D eigenvalue weighted by atomic mass is 19.3. The SMILES string of the molecule is CCCCCc1ccc(CCOC(F)(F)c2ccc(C3CCC(CCC)CC3)cc2)c(F)c1. The number of rotatable bonds is 12. The Balaban J connectivity index is 1.49. The Morgan fingerprint density at radius 3 is 2.24 bits per heavy atom. The second-order valence-electron chi connectivity index (χ2n) is 9.63. The highest BCUT2D eigenvalue weighted by Crippen LogP contribution is 2.38. The fourth-order valence-electron chi connectivity index (χ4n) is 5.04. The van der Waals surface area contributed by atoms with Gasteiger partial charge in [0.15, 0.2) is 0 Å². The number of hydrogen-bond donors (Lipinski definition) is 0. The number of ether oxygens (including phenoxy) is 1. The standard InChI is InChI=1S/C29H39F3O/c1-3-5-6-8-23-11-14-26(28(30)21-23)19-20-33-29(31,32)27-17-15-25(16-18-27)24-12-9-22(7-4-2)10-13-24/h11,14-18,21-22,24H,3-10,12-13,19-20H2,1-2H3. The first-order valence-corrected chi connectivity index (χ1v) is 12.8. The van der Waals surface area contributed by atoms with Gasteiger partial charge in [-0.3, -0.25) is 0 Å². The van der Waals surface area contributed by atoms with E-state index in [0.717, 1.165) is 55.6 Å². The van der Waals surface area contributed by atoms with Gasteiger partial charge in [-0.2, -0.15) is 8.78 Å². The van der Waals surface area contributed by atoms with Gasteiger partial charge in [0.2, 0.25) is 0 Å². The van der Waals surface area contributed by atoms with Crippen LogP contribution in [0.4, 0.5) is 13.2 Å². The van der Waals surface area contributed by atoms with Crippen molar-refractivity contribution in [3.63, 3.8) is 0 Å². The summed E-state index contributed by atoms with van der Waals surface area (Å²) in [7, 11) is 0. The lowest BCUT2D eigenvalue weighted by atomic mass is 9.77. The molecule has 1 saturated carbocycles. The molecule has 0 aliphatic heterocycles.